The summed E-state index contributed by atoms with van der Waals surface area (Å²) in [5.74, 6) is 0.884. The zero-order valence-corrected chi connectivity index (χ0v) is 15.0. The molecule has 0 atom stereocenters. The monoisotopic (exact) mass is 363 g/mol. The van der Waals surface area contributed by atoms with Gasteiger partial charge in [0.1, 0.15) is 12.4 Å². The van der Waals surface area contributed by atoms with Gasteiger partial charge in [-0.05, 0) is 42.8 Å². The Morgan fingerprint density at radius 2 is 1.74 bits per heavy atom. The molecule has 0 aliphatic heterocycles. The Kier molecular flexibility index (Phi) is 5.94. The summed E-state index contributed by atoms with van der Waals surface area (Å²) in [7, 11) is 0. The van der Waals surface area contributed by atoms with Gasteiger partial charge in [0.2, 0.25) is 0 Å². The van der Waals surface area contributed by atoms with Crippen LogP contribution >= 0.6 is 0 Å². The molecule has 5 nitrogen and oxygen atoms in total. The van der Waals surface area contributed by atoms with Crippen LogP contribution in [-0.4, -0.2) is 17.6 Å². The standard InChI is InChI=1S/C22H21NO4/c1-2-26-21-13-17(22(25)23-18-9-6-10-19(24)14-18)11-12-20(21)27-15-16-7-4-3-5-8-16/h3-14,24H,2,15H2,1H3,(H,23,25). The van der Waals surface area contributed by atoms with Gasteiger partial charge >= 0.3 is 0 Å². The molecule has 2 N–H and O–H groups in total. The van der Waals surface area contributed by atoms with Crippen LogP contribution in [0.1, 0.15) is 22.8 Å². The number of hydrogen-bond donors (Lipinski definition) is 2. The molecule has 0 bridgehead atoms. The third-order valence-corrected chi connectivity index (χ3v) is 3.85. The maximum Gasteiger partial charge on any atom is 0.255 e. The summed E-state index contributed by atoms with van der Waals surface area (Å²) in [4.78, 5) is 12.5. The van der Waals surface area contributed by atoms with Crippen molar-refractivity contribution in [1.82, 2.24) is 0 Å². The van der Waals surface area contributed by atoms with Crippen molar-refractivity contribution in [2.75, 3.05) is 11.9 Å². The molecule has 27 heavy (non-hydrogen) atoms. The van der Waals surface area contributed by atoms with Crippen LogP contribution < -0.4 is 14.8 Å². The molecule has 0 aliphatic rings. The Morgan fingerprint density at radius 3 is 2.48 bits per heavy atom. The van der Waals surface area contributed by atoms with Gasteiger partial charge in [0, 0.05) is 17.3 Å². The van der Waals surface area contributed by atoms with E-state index < -0.39 is 0 Å². The molecule has 0 saturated heterocycles. The number of ether oxygens (including phenoxy) is 2. The molecule has 3 aromatic carbocycles. The van der Waals surface area contributed by atoms with Crippen LogP contribution in [0.3, 0.4) is 0 Å². The molecule has 0 aliphatic carbocycles. The lowest BCUT2D eigenvalue weighted by molar-refractivity contribution is 0.102. The minimum Gasteiger partial charge on any atom is -0.508 e. The van der Waals surface area contributed by atoms with Crippen LogP contribution in [0.25, 0.3) is 0 Å². The molecule has 138 valence electrons. The Balaban J connectivity index is 1.75. The first-order chi connectivity index (χ1) is 13.2. The minimum absolute atomic E-state index is 0.0902. The van der Waals surface area contributed by atoms with Crippen LogP contribution in [0.5, 0.6) is 17.2 Å². The lowest BCUT2D eigenvalue weighted by Crippen LogP contribution is -2.12. The van der Waals surface area contributed by atoms with E-state index in [9.17, 15) is 9.90 Å². The van der Waals surface area contributed by atoms with Gasteiger partial charge in [-0.2, -0.15) is 0 Å². The number of amides is 1. The van der Waals surface area contributed by atoms with Crippen molar-refractivity contribution in [2.24, 2.45) is 0 Å². The summed E-state index contributed by atoms with van der Waals surface area (Å²) in [6, 6.07) is 21.3. The molecule has 0 saturated carbocycles. The van der Waals surface area contributed by atoms with Crippen LogP contribution in [0.4, 0.5) is 5.69 Å². The smallest absolute Gasteiger partial charge is 0.255 e. The van der Waals surface area contributed by atoms with Gasteiger partial charge < -0.3 is 19.9 Å². The van der Waals surface area contributed by atoms with Gasteiger partial charge in [-0.3, -0.25) is 4.79 Å². The number of carbonyl (C=O) groups excluding carboxylic acids is 1. The highest BCUT2D eigenvalue weighted by Crippen LogP contribution is 2.30. The second-order valence-corrected chi connectivity index (χ2v) is 5.87. The highest BCUT2D eigenvalue weighted by atomic mass is 16.5. The van der Waals surface area contributed by atoms with E-state index in [1.54, 1.807) is 36.4 Å². The molecule has 3 aromatic rings. The average Bonchev–Trinajstić information content (AvgIpc) is 2.68. The van der Waals surface area contributed by atoms with Crippen molar-refractivity contribution < 1.29 is 19.4 Å². The Morgan fingerprint density at radius 1 is 0.926 bits per heavy atom. The SMILES string of the molecule is CCOc1cc(C(=O)Nc2cccc(O)c2)ccc1OCc1ccccc1. The van der Waals surface area contributed by atoms with Crippen LogP contribution in [0.15, 0.2) is 72.8 Å². The number of phenols is 1. The summed E-state index contributed by atoms with van der Waals surface area (Å²) >= 11 is 0. The molecule has 0 fully saturated rings. The molecule has 0 unspecified atom stereocenters. The fourth-order valence-corrected chi connectivity index (χ4v) is 2.56. The molecule has 0 radical (unpaired) electrons. The third kappa shape index (κ3) is 5.01. The van der Waals surface area contributed by atoms with Crippen LogP contribution in [0.2, 0.25) is 0 Å². The maximum atomic E-state index is 12.5. The first-order valence-corrected chi connectivity index (χ1v) is 8.69. The lowest BCUT2D eigenvalue weighted by atomic mass is 10.1. The molecule has 0 aromatic heterocycles. The van der Waals surface area contributed by atoms with Gasteiger partial charge in [-0.1, -0.05) is 36.4 Å². The number of phenolic OH excluding ortho intramolecular Hbond substituents is 1. The highest BCUT2D eigenvalue weighted by Gasteiger charge is 2.12. The highest BCUT2D eigenvalue weighted by molar-refractivity contribution is 6.04. The second-order valence-electron chi connectivity index (χ2n) is 5.87. The molecule has 5 heteroatoms. The van der Waals surface area contributed by atoms with Crippen molar-refractivity contribution in [1.29, 1.82) is 0 Å². The van der Waals surface area contributed by atoms with E-state index in [0.717, 1.165) is 5.56 Å². The third-order valence-electron chi connectivity index (χ3n) is 3.85. The van der Waals surface area contributed by atoms with Crippen molar-refractivity contribution in [3.63, 3.8) is 0 Å². The van der Waals surface area contributed by atoms with E-state index in [0.29, 0.717) is 36.0 Å². The normalized spacial score (nSPS) is 10.3. The molecular weight excluding hydrogens is 342 g/mol. The van der Waals surface area contributed by atoms with Crippen molar-refractivity contribution in [3.8, 4) is 17.2 Å². The molecule has 0 spiro atoms. The summed E-state index contributed by atoms with van der Waals surface area (Å²) in [6.07, 6.45) is 0. The number of hydrogen-bond acceptors (Lipinski definition) is 4. The van der Waals surface area contributed by atoms with Gasteiger partial charge in [-0.15, -0.1) is 0 Å². The van der Waals surface area contributed by atoms with Gasteiger partial charge in [0.05, 0.1) is 6.61 Å². The quantitative estimate of drug-likeness (QED) is 0.643. The molecular formula is C22H21NO4. The molecule has 0 heterocycles. The van der Waals surface area contributed by atoms with E-state index in [2.05, 4.69) is 5.32 Å². The maximum absolute atomic E-state index is 12.5. The molecule has 1 amide bonds. The van der Waals surface area contributed by atoms with Gasteiger partial charge in [0.25, 0.3) is 5.91 Å². The zero-order valence-electron chi connectivity index (χ0n) is 15.0. The zero-order chi connectivity index (χ0) is 19.1. The number of nitrogens with one attached hydrogen (secondary N) is 1. The number of benzene rings is 3. The predicted octanol–water partition coefficient (Wildman–Crippen LogP) is 4.62. The van der Waals surface area contributed by atoms with E-state index >= 15 is 0 Å². The van der Waals surface area contributed by atoms with Crippen molar-refractivity contribution in [2.45, 2.75) is 13.5 Å². The summed E-state index contributed by atoms with van der Waals surface area (Å²) in [5.41, 5.74) is 2.00. The Hall–Kier alpha value is -3.47. The van der Waals surface area contributed by atoms with E-state index in [-0.39, 0.29) is 11.7 Å². The van der Waals surface area contributed by atoms with E-state index in [1.165, 1.54) is 6.07 Å². The van der Waals surface area contributed by atoms with Crippen LogP contribution in [-0.2, 0) is 6.61 Å². The Labute approximate surface area is 158 Å². The van der Waals surface area contributed by atoms with Crippen LogP contribution in [0, 0.1) is 0 Å². The van der Waals surface area contributed by atoms with E-state index in [1.807, 2.05) is 37.3 Å². The summed E-state index contributed by atoms with van der Waals surface area (Å²) in [5, 5.41) is 12.3. The summed E-state index contributed by atoms with van der Waals surface area (Å²) in [6.45, 7) is 2.75. The lowest BCUT2D eigenvalue weighted by Gasteiger charge is -2.13. The summed E-state index contributed by atoms with van der Waals surface area (Å²) < 4.78 is 11.5. The number of rotatable bonds is 7. The fourth-order valence-electron chi connectivity index (χ4n) is 2.56. The first kappa shape index (κ1) is 18.3. The predicted molar refractivity (Wildman–Crippen MR) is 104 cm³/mol. The molecule has 3 rings (SSSR count). The average molecular weight is 363 g/mol. The largest absolute Gasteiger partial charge is 0.508 e. The number of carbonyl (C=O) groups is 1. The topological polar surface area (TPSA) is 67.8 Å². The minimum atomic E-state index is -0.295. The second kappa shape index (κ2) is 8.76. The van der Waals surface area contributed by atoms with Gasteiger partial charge in [-0.25, -0.2) is 0 Å². The first-order valence-electron chi connectivity index (χ1n) is 8.69. The van der Waals surface area contributed by atoms with Crippen molar-refractivity contribution >= 4 is 11.6 Å². The fraction of sp³-hybridized carbons (Fsp3) is 0.136. The number of anilines is 1. The Bertz CT molecular complexity index is 909. The van der Waals surface area contributed by atoms with E-state index in [4.69, 9.17) is 9.47 Å². The number of aromatic hydroxyl groups is 1. The van der Waals surface area contributed by atoms with Gasteiger partial charge in [0.15, 0.2) is 11.5 Å². The van der Waals surface area contributed by atoms with Crippen molar-refractivity contribution in [3.05, 3.63) is 83.9 Å².